The highest BCUT2D eigenvalue weighted by atomic mass is 15.2. The molecule has 2 heterocycles. The van der Waals surface area contributed by atoms with Crippen molar-refractivity contribution in [3.8, 4) is 0 Å². The normalized spacial score (nSPS) is 16.4. The Kier molecular flexibility index (Phi) is 3.84. The molecule has 0 spiro atoms. The molecule has 0 saturated carbocycles. The molecule has 4 nitrogen and oxygen atoms in total. The monoisotopic (exact) mass is 234 g/mol. The van der Waals surface area contributed by atoms with Gasteiger partial charge >= 0.3 is 0 Å². The minimum Gasteiger partial charge on any atom is -0.396 e. The van der Waals surface area contributed by atoms with E-state index in [-0.39, 0.29) is 0 Å². The molecule has 1 fully saturated rings. The van der Waals surface area contributed by atoms with E-state index in [0.29, 0.717) is 0 Å². The molecule has 0 atom stereocenters. The number of likely N-dealkylation sites (tertiary alicyclic amines) is 1. The number of hydrogen-bond acceptors (Lipinski definition) is 4. The summed E-state index contributed by atoms with van der Waals surface area (Å²) in [5.74, 6) is 0.898. The van der Waals surface area contributed by atoms with E-state index in [1.54, 1.807) is 0 Å². The smallest absolute Gasteiger partial charge is 0.151 e. The molecule has 0 aromatic carbocycles. The molecule has 0 aliphatic carbocycles. The van der Waals surface area contributed by atoms with E-state index in [0.717, 1.165) is 30.2 Å². The van der Waals surface area contributed by atoms with Gasteiger partial charge in [-0.2, -0.15) is 0 Å². The topological polar surface area (TPSA) is 45.4 Å². The van der Waals surface area contributed by atoms with E-state index in [1.165, 1.54) is 25.9 Å². The third-order valence-electron chi connectivity index (χ3n) is 3.34. The number of aryl methyl sites for hydroxylation is 1. The van der Waals surface area contributed by atoms with E-state index in [1.807, 2.05) is 19.2 Å². The zero-order valence-corrected chi connectivity index (χ0v) is 10.8. The van der Waals surface area contributed by atoms with E-state index in [9.17, 15) is 0 Å². The summed E-state index contributed by atoms with van der Waals surface area (Å²) in [7, 11) is 2.06. The van der Waals surface area contributed by atoms with Crippen LogP contribution in [0, 0.1) is 6.92 Å². The lowest BCUT2D eigenvalue weighted by molar-refractivity contribution is 0.346. The van der Waals surface area contributed by atoms with Gasteiger partial charge in [-0.05, 0) is 44.5 Å². The summed E-state index contributed by atoms with van der Waals surface area (Å²) in [5, 5.41) is 0. The maximum absolute atomic E-state index is 5.99. The van der Waals surface area contributed by atoms with Crippen LogP contribution < -0.4 is 10.6 Å². The summed E-state index contributed by atoms with van der Waals surface area (Å²) in [6, 6.07) is 1.98. The molecule has 0 amide bonds. The highest BCUT2D eigenvalue weighted by Gasteiger charge is 2.13. The van der Waals surface area contributed by atoms with Gasteiger partial charge in [0, 0.05) is 26.3 Å². The Morgan fingerprint density at radius 1 is 1.41 bits per heavy atom. The lowest BCUT2D eigenvalue weighted by atomic mass is 10.3. The number of nitrogens with two attached hydrogens (primary N) is 1. The van der Waals surface area contributed by atoms with Crippen molar-refractivity contribution < 1.29 is 0 Å². The van der Waals surface area contributed by atoms with Crippen molar-refractivity contribution in [3.05, 3.63) is 17.8 Å². The van der Waals surface area contributed by atoms with Crippen LogP contribution in [0.25, 0.3) is 0 Å². The Hall–Kier alpha value is -1.29. The van der Waals surface area contributed by atoms with Gasteiger partial charge in [0.2, 0.25) is 0 Å². The van der Waals surface area contributed by atoms with Crippen LogP contribution in [0.1, 0.15) is 18.4 Å². The lowest BCUT2D eigenvalue weighted by Crippen LogP contribution is -2.32. The standard InChI is InChI=1S/C13H22N4/c1-11-9-12(14)13(15-10-11)16(2)7-8-17-5-3-4-6-17/h9-10H,3-8,14H2,1-2H3. The number of anilines is 2. The zero-order valence-electron chi connectivity index (χ0n) is 10.8. The molecular weight excluding hydrogens is 212 g/mol. The highest BCUT2D eigenvalue weighted by molar-refractivity contribution is 5.62. The van der Waals surface area contributed by atoms with Gasteiger partial charge in [-0.15, -0.1) is 0 Å². The molecule has 0 radical (unpaired) electrons. The van der Waals surface area contributed by atoms with Crippen LogP contribution in [0.15, 0.2) is 12.3 Å². The highest BCUT2D eigenvalue weighted by Crippen LogP contribution is 2.19. The second-order valence-electron chi connectivity index (χ2n) is 4.90. The van der Waals surface area contributed by atoms with E-state index in [2.05, 4.69) is 21.8 Å². The molecule has 17 heavy (non-hydrogen) atoms. The van der Waals surface area contributed by atoms with E-state index >= 15 is 0 Å². The van der Waals surface area contributed by atoms with Gasteiger partial charge in [-0.25, -0.2) is 4.98 Å². The van der Waals surface area contributed by atoms with Gasteiger partial charge in [0.05, 0.1) is 5.69 Å². The quantitative estimate of drug-likeness (QED) is 0.857. The Bertz CT molecular complexity index is 372. The average Bonchev–Trinajstić information content (AvgIpc) is 2.78. The fourth-order valence-electron chi connectivity index (χ4n) is 2.31. The Morgan fingerprint density at radius 2 is 2.12 bits per heavy atom. The second kappa shape index (κ2) is 5.36. The molecule has 0 bridgehead atoms. The van der Waals surface area contributed by atoms with Crippen LogP contribution in [0.4, 0.5) is 11.5 Å². The minimum absolute atomic E-state index is 0.772. The van der Waals surface area contributed by atoms with Crippen molar-refractivity contribution in [2.45, 2.75) is 19.8 Å². The summed E-state index contributed by atoms with van der Waals surface area (Å²) >= 11 is 0. The molecule has 2 rings (SSSR count). The Balaban J connectivity index is 1.91. The van der Waals surface area contributed by atoms with E-state index < -0.39 is 0 Å². The Morgan fingerprint density at radius 3 is 2.76 bits per heavy atom. The number of likely N-dealkylation sites (N-methyl/N-ethyl adjacent to an activating group) is 1. The van der Waals surface area contributed by atoms with Crippen LogP contribution in [0.3, 0.4) is 0 Å². The predicted octanol–water partition coefficient (Wildman–Crippen LogP) is 1.50. The SMILES string of the molecule is Cc1cnc(N(C)CCN2CCCC2)c(N)c1. The van der Waals surface area contributed by atoms with Crippen LogP contribution >= 0.6 is 0 Å². The Labute approximate surface area is 103 Å². The van der Waals surface area contributed by atoms with E-state index in [4.69, 9.17) is 5.73 Å². The second-order valence-corrected chi connectivity index (χ2v) is 4.90. The van der Waals surface area contributed by atoms with Crippen molar-refractivity contribution in [3.63, 3.8) is 0 Å². The molecule has 1 saturated heterocycles. The summed E-state index contributed by atoms with van der Waals surface area (Å²) in [6.07, 6.45) is 4.56. The number of nitrogens with zero attached hydrogens (tertiary/aromatic N) is 3. The first kappa shape index (κ1) is 12.2. The number of rotatable bonds is 4. The fourth-order valence-corrected chi connectivity index (χ4v) is 2.31. The molecule has 4 heteroatoms. The number of aromatic nitrogens is 1. The largest absolute Gasteiger partial charge is 0.396 e. The van der Waals surface area contributed by atoms with Gasteiger partial charge in [-0.1, -0.05) is 0 Å². The van der Waals surface area contributed by atoms with Gasteiger partial charge < -0.3 is 15.5 Å². The third kappa shape index (κ3) is 3.09. The summed E-state index contributed by atoms with van der Waals surface area (Å²) in [5.41, 5.74) is 7.87. The molecule has 1 aliphatic heterocycles. The van der Waals surface area contributed by atoms with Crippen LogP contribution in [-0.4, -0.2) is 43.1 Å². The van der Waals surface area contributed by atoms with Crippen molar-refractivity contribution in [1.29, 1.82) is 0 Å². The molecule has 2 N–H and O–H groups in total. The first-order valence-corrected chi connectivity index (χ1v) is 6.32. The van der Waals surface area contributed by atoms with Gasteiger partial charge in [-0.3, -0.25) is 0 Å². The zero-order chi connectivity index (χ0) is 12.3. The van der Waals surface area contributed by atoms with Gasteiger partial charge in [0.25, 0.3) is 0 Å². The van der Waals surface area contributed by atoms with Crippen LogP contribution in [0.5, 0.6) is 0 Å². The third-order valence-corrected chi connectivity index (χ3v) is 3.34. The van der Waals surface area contributed by atoms with Gasteiger partial charge in [0.1, 0.15) is 0 Å². The van der Waals surface area contributed by atoms with Crippen molar-refractivity contribution >= 4 is 11.5 Å². The van der Waals surface area contributed by atoms with Crippen molar-refractivity contribution in [2.75, 3.05) is 43.9 Å². The molecule has 0 unspecified atom stereocenters. The minimum atomic E-state index is 0.772. The predicted molar refractivity (Wildman–Crippen MR) is 72.3 cm³/mol. The average molecular weight is 234 g/mol. The maximum atomic E-state index is 5.99. The number of pyridine rings is 1. The maximum Gasteiger partial charge on any atom is 0.151 e. The van der Waals surface area contributed by atoms with Crippen molar-refractivity contribution in [1.82, 2.24) is 9.88 Å². The number of nitrogen functional groups attached to an aromatic ring is 1. The van der Waals surface area contributed by atoms with Gasteiger partial charge in [0.15, 0.2) is 5.82 Å². The molecule has 94 valence electrons. The molecule has 1 aliphatic rings. The van der Waals surface area contributed by atoms with Crippen LogP contribution in [0.2, 0.25) is 0 Å². The first-order valence-electron chi connectivity index (χ1n) is 6.32. The fraction of sp³-hybridized carbons (Fsp3) is 0.615. The summed E-state index contributed by atoms with van der Waals surface area (Å²) < 4.78 is 0. The lowest BCUT2D eigenvalue weighted by Gasteiger charge is -2.23. The summed E-state index contributed by atoms with van der Waals surface area (Å²) in [4.78, 5) is 9.05. The van der Waals surface area contributed by atoms with Crippen LogP contribution in [-0.2, 0) is 0 Å². The summed E-state index contributed by atoms with van der Waals surface area (Å²) in [6.45, 7) is 6.58. The van der Waals surface area contributed by atoms with Crippen molar-refractivity contribution in [2.24, 2.45) is 0 Å². The molecular formula is C13H22N4. The first-order chi connectivity index (χ1) is 8.16. The number of hydrogen-bond donors (Lipinski definition) is 1. The molecule has 1 aromatic heterocycles. The molecule has 1 aromatic rings.